The van der Waals surface area contributed by atoms with Crippen molar-refractivity contribution in [3.63, 3.8) is 0 Å². The van der Waals surface area contributed by atoms with E-state index in [0.29, 0.717) is 0 Å². The van der Waals surface area contributed by atoms with E-state index in [1.807, 2.05) is 0 Å². The highest BCUT2D eigenvalue weighted by molar-refractivity contribution is 6.42. The molecule has 9 heteroatoms. The lowest BCUT2D eigenvalue weighted by atomic mass is 10.2. The van der Waals surface area contributed by atoms with Gasteiger partial charge in [0.15, 0.2) is 11.4 Å². The second-order valence-corrected chi connectivity index (χ2v) is 4.36. The minimum absolute atomic E-state index is 0.00921. The van der Waals surface area contributed by atoms with Gasteiger partial charge in [0, 0.05) is 6.07 Å². The fraction of sp³-hybridized carbons (Fsp3) is 0. The first-order chi connectivity index (χ1) is 9.49. The van der Waals surface area contributed by atoms with Crippen LogP contribution in [0.1, 0.15) is 11.4 Å². The third-order valence-electron chi connectivity index (χ3n) is 2.45. The summed E-state index contributed by atoms with van der Waals surface area (Å²) in [4.78, 5) is 14.1. The molecule has 0 atom stereocenters. The van der Waals surface area contributed by atoms with E-state index in [-0.39, 0.29) is 32.8 Å². The number of rotatable bonds is 2. The fourth-order valence-electron chi connectivity index (χ4n) is 1.58. The van der Waals surface area contributed by atoms with Gasteiger partial charge in [-0.05, 0) is 6.07 Å². The lowest BCUT2D eigenvalue weighted by Gasteiger charge is -2.06. The summed E-state index contributed by atoms with van der Waals surface area (Å²) in [7, 11) is 0. The van der Waals surface area contributed by atoms with Crippen LogP contribution < -0.4 is 0 Å². The quantitative estimate of drug-likeness (QED) is 0.626. The van der Waals surface area contributed by atoms with E-state index in [1.165, 1.54) is 6.07 Å². The second kappa shape index (κ2) is 5.17. The molecule has 0 saturated carbocycles. The highest BCUT2D eigenvalue weighted by Crippen LogP contribution is 2.33. The molecule has 98 valence electrons. The second-order valence-electron chi connectivity index (χ2n) is 3.55. The number of halogens is 2. The zero-order valence-corrected chi connectivity index (χ0v) is 11.1. The maximum Gasteiger partial charge on any atom is 0.294 e. The Hall–Kier alpha value is -2.61. The number of nitrogens with zero attached hydrogens (tertiary/aromatic N) is 5. The van der Waals surface area contributed by atoms with Crippen molar-refractivity contribution >= 4 is 28.9 Å². The molecule has 1 aromatic carbocycles. The van der Waals surface area contributed by atoms with Crippen LogP contribution in [0.2, 0.25) is 10.0 Å². The Kier molecular flexibility index (Phi) is 3.57. The first-order valence-corrected chi connectivity index (χ1v) is 5.76. The zero-order chi connectivity index (χ0) is 14.9. The van der Waals surface area contributed by atoms with Crippen molar-refractivity contribution in [3.8, 4) is 17.8 Å². The Balaban J connectivity index is 2.80. The number of hydrogen-bond donors (Lipinski definition) is 0. The molecule has 0 radical (unpaired) electrons. The number of nitro groups is 1. The summed E-state index contributed by atoms with van der Waals surface area (Å²) in [5.74, 6) is 0. The predicted molar refractivity (Wildman–Crippen MR) is 69.7 cm³/mol. The van der Waals surface area contributed by atoms with Crippen molar-refractivity contribution in [2.75, 3.05) is 0 Å². The van der Waals surface area contributed by atoms with Gasteiger partial charge in [0.1, 0.15) is 24.2 Å². The van der Waals surface area contributed by atoms with Crippen molar-refractivity contribution in [3.05, 3.63) is 50.0 Å². The Bertz CT molecular complexity index is 800. The number of hydrogen-bond acceptors (Lipinski definition) is 5. The predicted octanol–water partition coefficient (Wildman–Crippen LogP) is 2.83. The van der Waals surface area contributed by atoms with E-state index >= 15 is 0 Å². The van der Waals surface area contributed by atoms with Crippen molar-refractivity contribution in [1.82, 2.24) is 9.55 Å². The average molecular weight is 308 g/mol. The number of nitro benzene ring substituents is 1. The highest BCUT2D eigenvalue weighted by Gasteiger charge is 2.22. The lowest BCUT2D eigenvalue weighted by molar-refractivity contribution is -0.384. The summed E-state index contributed by atoms with van der Waals surface area (Å²) in [6, 6.07) is 5.82. The maximum atomic E-state index is 11.1. The van der Waals surface area contributed by atoms with Crippen molar-refractivity contribution in [1.29, 1.82) is 10.5 Å². The average Bonchev–Trinajstić information content (AvgIpc) is 2.83. The van der Waals surface area contributed by atoms with Gasteiger partial charge in [-0.3, -0.25) is 14.7 Å². The Morgan fingerprint density at radius 3 is 2.45 bits per heavy atom. The molecule has 0 amide bonds. The molecule has 20 heavy (non-hydrogen) atoms. The molecular formula is C11H3Cl2N5O2. The van der Waals surface area contributed by atoms with Gasteiger partial charge in [0.2, 0.25) is 0 Å². The SMILES string of the molecule is N#Cc1ncn(-c2cc(Cl)c(Cl)cc2[N+](=O)[O-])c1C#N. The maximum absolute atomic E-state index is 11.1. The van der Waals surface area contributed by atoms with Gasteiger partial charge < -0.3 is 0 Å². The van der Waals surface area contributed by atoms with Crippen molar-refractivity contribution in [2.45, 2.75) is 0 Å². The molecule has 2 rings (SSSR count). The Labute approximate surface area is 122 Å². The van der Waals surface area contributed by atoms with Gasteiger partial charge in [-0.1, -0.05) is 23.2 Å². The molecule has 0 bridgehead atoms. The number of aromatic nitrogens is 2. The van der Waals surface area contributed by atoms with Gasteiger partial charge in [0.25, 0.3) is 5.69 Å². The molecule has 0 spiro atoms. The third kappa shape index (κ3) is 2.16. The van der Waals surface area contributed by atoms with Crippen LogP contribution in [0.3, 0.4) is 0 Å². The standard InChI is InChI=1S/C11H3Cl2N5O2/c12-6-1-9(10(18(19)20)2-7(6)13)17-5-16-8(3-14)11(17)4-15/h1-2,5H. The van der Waals surface area contributed by atoms with E-state index in [2.05, 4.69) is 4.98 Å². The van der Waals surface area contributed by atoms with E-state index in [9.17, 15) is 10.1 Å². The van der Waals surface area contributed by atoms with Gasteiger partial charge in [0.05, 0.1) is 15.0 Å². The minimum atomic E-state index is -0.662. The van der Waals surface area contributed by atoms with E-state index in [1.54, 1.807) is 12.1 Å². The topological polar surface area (TPSA) is 109 Å². The molecule has 0 fully saturated rings. The van der Waals surface area contributed by atoms with Gasteiger partial charge in [-0.15, -0.1) is 0 Å². The molecule has 0 aliphatic carbocycles. The van der Waals surface area contributed by atoms with Crippen LogP contribution in [-0.2, 0) is 0 Å². The van der Waals surface area contributed by atoms with Crippen LogP contribution >= 0.6 is 23.2 Å². The molecule has 0 aliphatic rings. The highest BCUT2D eigenvalue weighted by atomic mass is 35.5. The summed E-state index contributed by atoms with van der Waals surface area (Å²) >= 11 is 11.6. The van der Waals surface area contributed by atoms with Crippen molar-refractivity contribution < 1.29 is 4.92 Å². The molecule has 1 heterocycles. The Morgan fingerprint density at radius 2 is 1.90 bits per heavy atom. The third-order valence-corrected chi connectivity index (χ3v) is 3.18. The van der Waals surface area contributed by atoms with E-state index in [0.717, 1.165) is 17.0 Å². The van der Waals surface area contributed by atoms with Crippen LogP contribution in [0.15, 0.2) is 18.5 Å². The van der Waals surface area contributed by atoms with Crippen LogP contribution in [-0.4, -0.2) is 14.5 Å². The molecule has 2 aromatic rings. The lowest BCUT2D eigenvalue weighted by Crippen LogP contribution is -2.02. The summed E-state index contributed by atoms with van der Waals surface area (Å²) in [5, 5.41) is 29.0. The van der Waals surface area contributed by atoms with Gasteiger partial charge in [-0.25, -0.2) is 4.98 Å². The van der Waals surface area contributed by atoms with Crippen LogP contribution in [0.5, 0.6) is 0 Å². The molecular weight excluding hydrogens is 305 g/mol. The first kappa shape index (κ1) is 13.8. The number of imidazole rings is 1. The molecule has 0 aliphatic heterocycles. The summed E-state index contributed by atoms with van der Waals surface area (Å²) in [5.41, 5.74) is -0.588. The van der Waals surface area contributed by atoms with E-state index < -0.39 is 4.92 Å². The smallest absolute Gasteiger partial charge is 0.283 e. The van der Waals surface area contributed by atoms with Gasteiger partial charge >= 0.3 is 0 Å². The van der Waals surface area contributed by atoms with Crippen LogP contribution in [0, 0.1) is 32.8 Å². The monoisotopic (exact) mass is 307 g/mol. The fourth-order valence-corrected chi connectivity index (χ4v) is 1.90. The molecule has 7 nitrogen and oxygen atoms in total. The molecule has 0 saturated heterocycles. The van der Waals surface area contributed by atoms with E-state index in [4.69, 9.17) is 33.7 Å². The molecule has 1 aromatic heterocycles. The molecule has 0 N–H and O–H groups in total. The summed E-state index contributed by atoms with van der Waals surface area (Å²) < 4.78 is 1.12. The number of nitriles is 2. The first-order valence-electron chi connectivity index (χ1n) is 5.01. The summed E-state index contributed by atoms with van der Waals surface area (Å²) in [6.45, 7) is 0. The zero-order valence-electron chi connectivity index (χ0n) is 9.54. The van der Waals surface area contributed by atoms with Crippen molar-refractivity contribution in [2.24, 2.45) is 0 Å². The minimum Gasteiger partial charge on any atom is -0.283 e. The normalized spacial score (nSPS) is 9.80. The Morgan fingerprint density at radius 1 is 1.25 bits per heavy atom. The largest absolute Gasteiger partial charge is 0.294 e. The van der Waals surface area contributed by atoms with Crippen LogP contribution in [0.25, 0.3) is 5.69 Å². The number of benzene rings is 1. The van der Waals surface area contributed by atoms with Crippen LogP contribution in [0.4, 0.5) is 5.69 Å². The molecule has 0 unspecified atom stereocenters. The summed E-state index contributed by atoms with van der Waals surface area (Å²) in [6.07, 6.45) is 1.14. The van der Waals surface area contributed by atoms with Gasteiger partial charge in [-0.2, -0.15) is 10.5 Å².